The Balaban J connectivity index is 1.87. The number of nitrogens with zero attached hydrogens (tertiary/aromatic N) is 3. The molecule has 0 N–H and O–H groups in total. The van der Waals surface area contributed by atoms with Crippen LogP contribution in [0.2, 0.25) is 0 Å². The molecular weight excluding hydrogens is 358 g/mol. The summed E-state index contributed by atoms with van der Waals surface area (Å²) in [5.41, 5.74) is 0.845. The van der Waals surface area contributed by atoms with Crippen molar-refractivity contribution in [2.24, 2.45) is 0 Å². The SMILES string of the molecule is COc1cc(-c2nnc3sc(-c4cccs4)cn23)cc(OC)c1OC. The molecule has 0 atom stereocenters. The van der Waals surface area contributed by atoms with Gasteiger partial charge < -0.3 is 14.2 Å². The van der Waals surface area contributed by atoms with E-state index in [0.717, 1.165) is 21.2 Å². The normalized spacial score (nSPS) is 11.0. The summed E-state index contributed by atoms with van der Waals surface area (Å²) in [4.78, 5) is 3.21. The molecule has 4 rings (SSSR count). The van der Waals surface area contributed by atoms with Gasteiger partial charge in [-0.15, -0.1) is 21.5 Å². The predicted octanol–water partition coefficient (Wildman–Crippen LogP) is 4.21. The molecule has 0 saturated carbocycles. The predicted molar refractivity (Wildman–Crippen MR) is 99.3 cm³/mol. The number of rotatable bonds is 5. The summed E-state index contributed by atoms with van der Waals surface area (Å²) in [5.74, 6) is 2.46. The highest BCUT2D eigenvalue weighted by molar-refractivity contribution is 7.24. The number of fused-ring (bicyclic) bond motifs is 1. The minimum absolute atomic E-state index is 0.555. The second-order valence-electron chi connectivity index (χ2n) is 5.16. The first kappa shape index (κ1) is 15.9. The molecule has 1 aromatic carbocycles. The fraction of sp³-hybridized carbons (Fsp3) is 0.176. The van der Waals surface area contributed by atoms with Gasteiger partial charge in [0.15, 0.2) is 17.3 Å². The number of hydrogen-bond acceptors (Lipinski definition) is 7. The third-order valence-electron chi connectivity index (χ3n) is 3.80. The van der Waals surface area contributed by atoms with Crippen molar-refractivity contribution < 1.29 is 14.2 Å². The van der Waals surface area contributed by atoms with E-state index in [4.69, 9.17) is 14.2 Å². The number of benzene rings is 1. The second-order valence-corrected chi connectivity index (χ2v) is 7.12. The topological polar surface area (TPSA) is 57.9 Å². The van der Waals surface area contributed by atoms with Crippen LogP contribution in [0, 0.1) is 0 Å². The zero-order valence-electron chi connectivity index (χ0n) is 13.8. The number of hydrogen-bond donors (Lipinski definition) is 0. The highest BCUT2D eigenvalue weighted by Gasteiger charge is 2.18. The van der Waals surface area contributed by atoms with E-state index in [1.807, 2.05) is 22.6 Å². The molecule has 0 fully saturated rings. The summed E-state index contributed by atoms with van der Waals surface area (Å²) in [7, 11) is 4.78. The van der Waals surface area contributed by atoms with Gasteiger partial charge in [0.2, 0.25) is 10.7 Å². The zero-order chi connectivity index (χ0) is 17.4. The van der Waals surface area contributed by atoms with E-state index in [0.29, 0.717) is 17.2 Å². The van der Waals surface area contributed by atoms with Gasteiger partial charge in [-0.1, -0.05) is 17.4 Å². The molecule has 25 heavy (non-hydrogen) atoms. The Morgan fingerprint density at radius 3 is 2.32 bits per heavy atom. The van der Waals surface area contributed by atoms with E-state index < -0.39 is 0 Å². The van der Waals surface area contributed by atoms with E-state index in [-0.39, 0.29) is 0 Å². The van der Waals surface area contributed by atoms with E-state index >= 15 is 0 Å². The summed E-state index contributed by atoms with van der Waals surface area (Å²) in [5, 5.41) is 10.7. The fourth-order valence-corrected chi connectivity index (χ4v) is 4.39. The molecule has 8 heteroatoms. The molecule has 0 aliphatic heterocycles. The standard InChI is InChI=1S/C17H15N3O3S2/c1-21-11-7-10(8-12(22-2)15(11)23-3)16-18-19-17-20(16)9-14(25-17)13-5-4-6-24-13/h4-9H,1-3H3. The van der Waals surface area contributed by atoms with Gasteiger partial charge in [-0.05, 0) is 23.6 Å². The smallest absolute Gasteiger partial charge is 0.217 e. The summed E-state index contributed by atoms with van der Waals surface area (Å²) in [6, 6.07) is 7.89. The molecule has 0 unspecified atom stereocenters. The quantitative estimate of drug-likeness (QED) is 0.524. The van der Waals surface area contributed by atoms with Crippen LogP contribution in [0.4, 0.5) is 0 Å². The van der Waals surface area contributed by atoms with E-state index in [2.05, 4.69) is 27.8 Å². The fourth-order valence-electron chi connectivity index (χ4n) is 2.64. The first-order valence-electron chi connectivity index (χ1n) is 7.44. The maximum Gasteiger partial charge on any atom is 0.217 e. The minimum Gasteiger partial charge on any atom is -0.493 e. The van der Waals surface area contributed by atoms with Crippen LogP contribution in [0.25, 0.3) is 26.1 Å². The third kappa shape index (κ3) is 2.63. The van der Waals surface area contributed by atoms with Crippen molar-refractivity contribution in [2.75, 3.05) is 21.3 Å². The van der Waals surface area contributed by atoms with Crippen LogP contribution < -0.4 is 14.2 Å². The Labute approximate surface area is 152 Å². The van der Waals surface area contributed by atoms with Crippen molar-refractivity contribution in [2.45, 2.75) is 0 Å². The molecule has 0 spiro atoms. The summed E-state index contributed by atoms with van der Waals surface area (Å²) in [6.45, 7) is 0. The maximum atomic E-state index is 5.44. The van der Waals surface area contributed by atoms with Gasteiger partial charge in [-0.3, -0.25) is 4.40 Å². The van der Waals surface area contributed by atoms with E-state index in [9.17, 15) is 0 Å². The van der Waals surface area contributed by atoms with Gasteiger partial charge in [-0.2, -0.15) is 0 Å². The van der Waals surface area contributed by atoms with Gasteiger partial charge in [0.1, 0.15) is 0 Å². The average molecular weight is 373 g/mol. The lowest BCUT2D eigenvalue weighted by molar-refractivity contribution is 0.324. The van der Waals surface area contributed by atoms with Crippen molar-refractivity contribution in [3.63, 3.8) is 0 Å². The van der Waals surface area contributed by atoms with Crippen LogP contribution in [-0.2, 0) is 0 Å². The molecule has 0 aliphatic carbocycles. The van der Waals surface area contributed by atoms with Crippen molar-refractivity contribution in [1.82, 2.24) is 14.6 Å². The summed E-state index contributed by atoms with van der Waals surface area (Å²) in [6.07, 6.45) is 2.06. The molecule has 0 amide bonds. The molecule has 0 radical (unpaired) electrons. The van der Waals surface area contributed by atoms with E-state index in [1.54, 1.807) is 44.0 Å². The molecule has 0 bridgehead atoms. The monoisotopic (exact) mass is 373 g/mol. The lowest BCUT2D eigenvalue weighted by atomic mass is 10.1. The molecule has 128 valence electrons. The summed E-state index contributed by atoms with van der Waals surface area (Å²) < 4.78 is 18.2. The zero-order valence-corrected chi connectivity index (χ0v) is 15.5. The number of thiazole rings is 1. The number of thiophene rings is 1. The number of aromatic nitrogens is 3. The number of ether oxygens (including phenoxy) is 3. The third-order valence-corrected chi connectivity index (χ3v) is 5.84. The van der Waals surface area contributed by atoms with Gasteiger partial charge in [0.25, 0.3) is 0 Å². The summed E-state index contributed by atoms with van der Waals surface area (Å²) >= 11 is 3.32. The molecule has 0 saturated heterocycles. The van der Waals surface area contributed by atoms with Crippen LogP contribution in [0.3, 0.4) is 0 Å². The average Bonchev–Trinajstić information content (AvgIpc) is 3.36. The number of methoxy groups -OCH3 is 3. The molecule has 3 aromatic heterocycles. The Morgan fingerprint density at radius 1 is 0.960 bits per heavy atom. The van der Waals surface area contributed by atoms with Crippen LogP contribution in [-0.4, -0.2) is 35.9 Å². The Hall–Kier alpha value is -2.58. The molecule has 0 aliphatic rings. The van der Waals surface area contributed by atoms with Gasteiger partial charge in [0.05, 0.1) is 26.2 Å². The first-order valence-corrected chi connectivity index (χ1v) is 9.13. The lowest BCUT2D eigenvalue weighted by Gasteiger charge is -2.13. The van der Waals surface area contributed by atoms with Gasteiger partial charge in [0, 0.05) is 16.6 Å². The Morgan fingerprint density at radius 2 is 1.72 bits per heavy atom. The molecule has 6 nitrogen and oxygen atoms in total. The highest BCUT2D eigenvalue weighted by atomic mass is 32.1. The van der Waals surface area contributed by atoms with Crippen LogP contribution in [0.1, 0.15) is 0 Å². The van der Waals surface area contributed by atoms with E-state index in [1.165, 1.54) is 4.88 Å². The molecule has 4 aromatic rings. The lowest BCUT2D eigenvalue weighted by Crippen LogP contribution is -1.96. The largest absolute Gasteiger partial charge is 0.493 e. The first-order chi connectivity index (χ1) is 12.2. The van der Waals surface area contributed by atoms with Crippen LogP contribution >= 0.6 is 22.7 Å². The van der Waals surface area contributed by atoms with Crippen molar-refractivity contribution in [1.29, 1.82) is 0 Å². The van der Waals surface area contributed by atoms with Gasteiger partial charge in [-0.25, -0.2) is 0 Å². The highest BCUT2D eigenvalue weighted by Crippen LogP contribution is 2.41. The van der Waals surface area contributed by atoms with Crippen LogP contribution in [0.15, 0.2) is 35.8 Å². The Kier molecular flexibility index (Phi) is 4.06. The van der Waals surface area contributed by atoms with Crippen LogP contribution in [0.5, 0.6) is 17.2 Å². The van der Waals surface area contributed by atoms with Crippen molar-refractivity contribution in [3.05, 3.63) is 35.8 Å². The molecular formula is C17H15N3O3S2. The minimum atomic E-state index is 0.555. The second kappa shape index (κ2) is 6.38. The Bertz CT molecular complexity index is 996. The van der Waals surface area contributed by atoms with Crippen molar-refractivity contribution in [3.8, 4) is 38.4 Å². The maximum absolute atomic E-state index is 5.44. The molecule has 3 heterocycles. The van der Waals surface area contributed by atoms with Crippen molar-refractivity contribution >= 4 is 27.6 Å². The van der Waals surface area contributed by atoms with Gasteiger partial charge >= 0.3 is 0 Å².